The number of rotatable bonds is 3. The maximum atomic E-state index is 15.5. The molecule has 3 fully saturated rings. The number of anilines is 4. The van der Waals surface area contributed by atoms with Crippen LogP contribution in [0.15, 0.2) is 18.5 Å². The van der Waals surface area contributed by atoms with E-state index >= 15 is 4.39 Å². The van der Waals surface area contributed by atoms with Gasteiger partial charge in [-0.15, -0.1) is 0 Å². The second-order valence-corrected chi connectivity index (χ2v) is 11.6. The molecule has 0 bridgehead atoms. The summed E-state index contributed by atoms with van der Waals surface area (Å²) in [6, 6.07) is 1.97. The molecule has 3 aliphatic heterocycles. The van der Waals surface area contributed by atoms with E-state index in [1.165, 1.54) is 17.5 Å². The molecule has 5 N–H and O–H groups in total. The van der Waals surface area contributed by atoms with Gasteiger partial charge in [0.1, 0.15) is 17.6 Å². The van der Waals surface area contributed by atoms with Crippen LogP contribution in [0.4, 0.5) is 27.4 Å². The molecule has 2 aromatic rings. The van der Waals surface area contributed by atoms with Crippen molar-refractivity contribution in [2.45, 2.75) is 82.5 Å². The highest BCUT2D eigenvalue weighted by atomic mass is 19.1. The molecule has 6 rings (SSSR count). The molecule has 5 heterocycles. The SMILES string of the molecule is Nc1nn2c(c1C(=O)Nc1cnccc1N1CCC3(CCNC3)CC1)NC1(CCCCCCC1)C(F)C2. The van der Waals surface area contributed by atoms with Gasteiger partial charge in [-0.1, -0.05) is 32.1 Å². The zero-order chi connectivity index (χ0) is 25.5. The average molecular weight is 511 g/mol. The van der Waals surface area contributed by atoms with E-state index in [4.69, 9.17) is 5.73 Å². The lowest BCUT2D eigenvalue weighted by Crippen LogP contribution is -2.53. The first-order chi connectivity index (χ1) is 18.0. The summed E-state index contributed by atoms with van der Waals surface area (Å²) in [5.74, 6) is 0.310. The van der Waals surface area contributed by atoms with Crippen LogP contribution >= 0.6 is 0 Å². The molecule has 1 amide bonds. The number of carbonyl (C=O) groups excluding carboxylic acids is 1. The third-order valence-electron chi connectivity index (χ3n) is 9.30. The highest BCUT2D eigenvalue weighted by molar-refractivity contribution is 6.12. The number of carbonyl (C=O) groups is 1. The quantitative estimate of drug-likeness (QED) is 0.495. The summed E-state index contributed by atoms with van der Waals surface area (Å²) in [5.41, 5.74) is 7.91. The van der Waals surface area contributed by atoms with Crippen LogP contribution in [0.2, 0.25) is 0 Å². The maximum Gasteiger partial charge on any atom is 0.263 e. The third-order valence-corrected chi connectivity index (χ3v) is 9.30. The lowest BCUT2D eigenvalue weighted by atomic mass is 9.78. The van der Waals surface area contributed by atoms with Crippen molar-refractivity contribution in [3.8, 4) is 0 Å². The van der Waals surface area contributed by atoms with Gasteiger partial charge in [0, 0.05) is 25.8 Å². The van der Waals surface area contributed by atoms with Crippen molar-refractivity contribution in [2.24, 2.45) is 5.41 Å². The Hall–Kier alpha value is -2.88. The minimum atomic E-state index is -1.07. The molecule has 2 aromatic heterocycles. The predicted octanol–water partition coefficient (Wildman–Crippen LogP) is 3.94. The van der Waals surface area contributed by atoms with Crippen molar-refractivity contribution in [2.75, 3.05) is 47.4 Å². The van der Waals surface area contributed by atoms with Crippen LogP contribution in [-0.2, 0) is 6.54 Å². The molecule has 37 heavy (non-hydrogen) atoms. The van der Waals surface area contributed by atoms with Crippen molar-refractivity contribution < 1.29 is 9.18 Å². The van der Waals surface area contributed by atoms with Crippen molar-refractivity contribution >= 4 is 28.9 Å². The zero-order valence-corrected chi connectivity index (χ0v) is 21.6. The van der Waals surface area contributed by atoms with Crippen molar-refractivity contribution in [3.63, 3.8) is 0 Å². The van der Waals surface area contributed by atoms with E-state index in [1.54, 1.807) is 12.4 Å². The maximum absolute atomic E-state index is 15.5. The van der Waals surface area contributed by atoms with Gasteiger partial charge < -0.3 is 26.6 Å². The first-order valence-corrected chi connectivity index (χ1v) is 14.0. The monoisotopic (exact) mass is 510 g/mol. The topological polar surface area (TPSA) is 113 Å². The molecule has 4 aliphatic rings. The summed E-state index contributed by atoms with van der Waals surface area (Å²) in [7, 11) is 0. The number of alkyl halides is 1. The Kier molecular flexibility index (Phi) is 6.46. The minimum Gasteiger partial charge on any atom is -0.381 e. The number of piperidine rings is 1. The van der Waals surface area contributed by atoms with Gasteiger partial charge in [0.15, 0.2) is 5.82 Å². The normalized spacial score (nSPS) is 24.8. The molecule has 0 aromatic carbocycles. The van der Waals surface area contributed by atoms with E-state index in [-0.39, 0.29) is 23.8 Å². The summed E-state index contributed by atoms with van der Waals surface area (Å²) in [5, 5.41) is 14.4. The number of pyridine rings is 1. The fourth-order valence-electron chi connectivity index (χ4n) is 6.97. The van der Waals surface area contributed by atoms with E-state index in [0.717, 1.165) is 83.2 Å². The number of halogens is 1. The number of nitrogens with zero attached hydrogens (tertiary/aromatic N) is 4. The number of nitrogens with two attached hydrogens (primary N) is 1. The third kappa shape index (κ3) is 4.53. The van der Waals surface area contributed by atoms with E-state index < -0.39 is 11.7 Å². The summed E-state index contributed by atoms with van der Waals surface area (Å²) in [4.78, 5) is 20.3. The van der Waals surface area contributed by atoms with Crippen LogP contribution in [0.5, 0.6) is 0 Å². The lowest BCUT2D eigenvalue weighted by Gasteiger charge is -2.43. The number of nitrogens with one attached hydrogen (secondary N) is 3. The number of nitrogen functional groups attached to an aromatic ring is 1. The zero-order valence-electron chi connectivity index (χ0n) is 21.6. The molecule has 1 unspecified atom stereocenters. The van der Waals surface area contributed by atoms with E-state index in [2.05, 4.69) is 30.9 Å². The van der Waals surface area contributed by atoms with Crippen LogP contribution in [0.1, 0.15) is 74.6 Å². The van der Waals surface area contributed by atoms with Crippen molar-refractivity contribution in [3.05, 3.63) is 24.0 Å². The Labute approximate surface area is 217 Å². The van der Waals surface area contributed by atoms with Gasteiger partial charge >= 0.3 is 0 Å². The largest absolute Gasteiger partial charge is 0.381 e. The summed E-state index contributed by atoms with van der Waals surface area (Å²) >= 11 is 0. The molecule has 2 spiro atoms. The second kappa shape index (κ2) is 9.78. The van der Waals surface area contributed by atoms with Gasteiger partial charge in [0.2, 0.25) is 0 Å². The standard InChI is InChI=1S/C27H39FN8O/c28-21-17-36-24(33-27(21)7-4-2-1-3-5-8-27)22(23(29)34-36)25(37)32-19-16-30-12-6-20(19)35-14-10-26(11-15-35)9-13-31-18-26/h6,12,16,21,31,33H,1-5,7-11,13-15,17-18H2,(H2,29,34)(H,32,37). The van der Waals surface area contributed by atoms with Gasteiger partial charge in [0.25, 0.3) is 5.91 Å². The van der Waals surface area contributed by atoms with Crippen LogP contribution in [0.3, 0.4) is 0 Å². The number of aromatic nitrogens is 3. The predicted molar refractivity (Wildman–Crippen MR) is 144 cm³/mol. The molecule has 1 aliphatic carbocycles. The Morgan fingerprint density at radius 1 is 1.11 bits per heavy atom. The number of hydrogen-bond acceptors (Lipinski definition) is 7. The fraction of sp³-hybridized carbons (Fsp3) is 0.667. The molecule has 9 nitrogen and oxygen atoms in total. The number of amides is 1. The lowest BCUT2D eigenvalue weighted by molar-refractivity contribution is 0.102. The highest BCUT2D eigenvalue weighted by Crippen LogP contribution is 2.42. The van der Waals surface area contributed by atoms with Crippen LogP contribution in [0, 0.1) is 5.41 Å². The minimum absolute atomic E-state index is 0.113. The summed E-state index contributed by atoms with van der Waals surface area (Å²) < 4.78 is 17.0. The smallest absolute Gasteiger partial charge is 0.263 e. The summed E-state index contributed by atoms with van der Waals surface area (Å²) in [6.45, 7) is 4.21. The average Bonchev–Trinajstić information content (AvgIpc) is 3.45. The molecule has 2 saturated heterocycles. The van der Waals surface area contributed by atoms with Gasteiger partial charge in [0.05, 0.1) is 29.7 Å². The Morgan fingerprint density at radius 3 is 2.59 bits per heavy atom. The fourth-order valence-corrected chi connectivity index (χ4v) is 6.97. The van der Waals surface area contributed by atoms with Crippen LogP contribution < -0.4 is 26.6 Å². The number of hydrogen-bond donors (Lipinski definition) is 4. The van der Waals surface area contributed by atoms with Gasteiger partial charge in [-0.3, -0.25) is 9.78 Å². The molecule has 1 atom stereocenters. The van der Waals surface area contributed by atoms with E-state index in [1.807, 2.05) is 6.07 Å². The van der Waals surface area contributed by atoms with E-state index in [0.29, 0.717) is 16.9 Å². The van der Waals surface area contributed by atoms with Crippen LogP contribution in [-0.4, -0.2) is 58.6 Å². The molecular formula is C27H39FN8O. The van der Waals surface area contributed by atoms with E-state index in [9.17, 15) is 4.79 Å². The first kappa shape index (κ1) is 24.5. The number of fused-ring (bicyclic) bond motifs is 1. The Morgan fingerprint density at radius 2 is 1.86 bits per heavy atom. The molecule has 10 heteroatoms. The second-order valence-electron chi connectivity index (χ2n) is 11.6. The van der Waals surface area contributed by atoms with Gasteiger partial charge in [-0.2, -0.15) is 5.10 Å². The molecule has 0 radical (unpaired) electrons. The molecule has 200 valence electrons. The summed E-state index contributed by atoms with van der Waals surface area (Å²) in [6.07, 6.45) is 12.8. The first-order valence-electron chi connectivity index (χ1n) is 14.0. The highest BCUT2D eigenvalue weighted by Gasteiger charge is 2.45. The molecular weight excluding hydrogens is 471 g/mol. The molecule has 1 saturated carbocycles. The Bertz CT molecular complexity index is 1130. The van der Waals surface area contributed by atoms with Gasteiger partial charge in [-0.05, 0) is 50.1 Å². The van der Waals surface area contributed by atoms with Gasteiger partial charge in [-0.25, -0.2) is 9.07 Å². The van der Waals surface area contributed by atoms with Crippen LogP contribution in [0.25, 0.3) is 0 Å². The van der Waals surface area contributed by atoms with Crippen molar-refractivity contribution in [1.29, 1.82) is 0 Å². The Balaban J connectivity index is 1.23. The van der Waals surface area contributed by atoms with Crippen molar-refractivity contribution in [1.82, 2.24) is 20.1 Å².